The molecule has 3 heterocycles. The third-order valence-electron chi connectivity index (χ3n) is 7.00. The van der Waals surface area contributed by atoms with E-state index in [4.69, 9.17) is 15.0 Å². The first-order chi connectivity index (χ1) is 15.7. The van der Waals surface area contributed by atoms with Crippen molar-refractivity contribution in [3.8, 4) is 0 Å². The van der Waals surface area contributed by atoms with Gasteiger partial charge in [-0.1, -0.05) is 64.0 Å². The fourth-order valence-corrected chi connectivity index (χ4v) is 5.33. The van der Waals surface area contributed by atoms with Crippen molar-refractivity contribution in [2.24, 2.45) is 0 Å². The molecule has 0 spiro atoms. The zero-order valence-electron chi connectivity index (χ0n) is 19.3. The number of aryl methyl sites for hydroxylation is 2. The smallest absolute Gasteiger partial charge is 0.265 e. The molecule has 0 bridgehead atoms. The molecule has 3 aromatic heterocycles. The first-order valence-electron chi connectivity index (χ1n) is 12.4. The molecule has 168 valence electrons. The predicted octanol–water partition coefficient (Wildman–Crippen LogP) is 6.08. The van der Waals surface area contributed by atoms with Crippen LogP contribution in [-0.2, 0) is 6.54 Å². The highest BCUT2D eigenvalue weighted by molar-refractivity contribution is 6.04. The maximum Gasteiger partial charge on any atom is 0.265 e. The maximum atomic E-state index is 13.8. The van der Waals surface area contributed by atoms with Gasteiger partial charge in [-0.25, -0.2) is 15.0 Å². The average molecular weight is 432 g/mol. The molecule has 6 nitrogen and oxygen atoms in total. The van der Waals surface area contributed by atoms with Crippen LogP contribution in [0.25, 0.3) is 33.2 Å². The summed E-state index contributed by atoms with van der Waals surface area (Å²) >= 11 is 0. The number of para-hydroxylation sites is 2. The molecule has 6 heteroatoms. The molecule has 4 aromatic rings. The average Bonchev–Trinajstić information content (AvgIpc) is 3.41. The standard InChI is InChI=1S/C26H33N5O/c1-3-4-5-6-7-12-17-30-24-22(23-25(30)29-21-16-11-10-15-20(21)28-23)26(32)31(18(2)27-24)19-13-8-9-14-19/h10-11,15-16,19H,3-9,12-14,17H2,1-2H3. The van der Waals surface area contributed by atoms with Gasteiger partial charge in [0.05, 0.1) is 11.0 Å². The van der Waals surface area contributed by atoms with Crippen LogP contribution in [-0.4, -0.2) is 24.1 Å². The lowest BCUT2D eigenvalue weighted by atomic mass is 10.1. The Morgan fingerprint density at radius 1 is 0.906 bits per heavy atom. The van der Waals surface area contributed by atoms with E-state index in [1.165, 1.54) is 44.9 Å². The summed E-state index contributed by atoms with van der Waals surface area (Å²) in [7, 11) is 0. The van der Waals surface area contributed by atoms with Gasteiger partial charge >= 0.3 is 0 Å². The van der Waals surface area contributed by atoms with E-state index in [9.17, 15) is 4.79 Å². The second-order valence-corrected chi connectivity index (χ2v) is 9.27. The summed E-state index contributed by atoms with van der Waals surface area (Å²) in [6.07, 6.45) is 11.8. The minimum absolute atomic E-state index is 0.0516. The van der Waals surface area contributed by atoms with Gasteiger partial charge in [0.2, 0.25) is 0 Å². The third-order valence-corrected chi connectivity index (χ3v) is 7.00. The first-order valence-corrected chi connectivity index (χ1v) is 12.4. The van der Waals surface area contributed by atoms with E-state index in [2.05, 4.69) is 11.5 Å². The van der Waals surface area contributed by atoms with Gasteiger partial charge in [0.25, 0.3) is 5.56 Å². The predicted molar refractivity (Wildman–Crippen MR) is 130 cm³/mol. The van der Waals surface area contributed by atoms with E-state index in [-0.39, 0.29) is 11.6 Å². The number of hydrogen-bond acceptors (Lipinski definition) is 4. The summed E-state index contributed by atoms with van der Waals surface area (Å²) < 4.78 is 4.08. The Hall–Kier alpha value is -2.76. The van der Waals surface area contributed by atoms with Gasteiger partial charge in [0.15, 0.2) is 11.3 Å². The Bertz CT molecular complexity index is 1310. The van der Waals surface area contributed by atoms with Crippen molar-refractivity contribution in [2.75, 3.05) is 0 Å². The Kier molecular flexibility index (Phi) is 5.94. The molecule has 0 N–H and O–H groups in total. The molecular formula is C26H33N5O. The van der Waals surface area contributed by atoms with Crippen molar-refractivity contribution in [2.45, 2.75) is 90.6 Å². The van der Waals surface area contributed by atoms with Crippen molar-refractivity contribution >= 4 is 33.2 Å². The van der Waals surface area contributed by atoms with Crippen molar-refractivity contribution in [3.63, 3.8) is 0 Å². The molecule has 5 rings (SSSR count). The van der Waals surface area contributed by atoms with E-state index in [0.717, 1.165) is 54.0 Å². The van der Waals surface area contributed by atoms with Crippen LogP contribution in [0.5, 0.6) is 0 Å². The second kappa shape index (κ2) is 9.00. The van der Waals surface area contributed by atoms with Crippen LogP contribution in [0.15, 0.2) is 29.1 Å². The van der Waals surface area contributed by atoms with E-state index < -0.39 is 0 Å². The molecule has 0 amide bonds. The van der Waals surface area contributed by atoms with Gasteiger partial charge in [-0.15, -0.1) is 0 Å². The number of unbranched alkanes of at least 4 members (excludes halogenated alkanes) is 5. The summed E-state index contributed by atoms with van der Waals surface area (Å²) in [6.45, 7) is 5.04. The van der Waals surface area contributed by atoms with Crippen LogP contribution < -0.4 is 5.56 Å². The SMILES string of the molecule is CCCCCCCCn1c2nc3ccccc3nc2c2c(=O)n(C3CCCC3)c(C)nc21. The highest BCUT2D eigenvalue weighted by Crippen LogP contribution is 2.31. The fourth-order valence-electron chi connectivity index (χ4n) is 5.33. The molecule has 0 radical (unpaired) electrons. The number of hydrogen-bond donors (Lipinski definition) is 0. The largest absolute Gasteiger partial charge is 0.308 e. The lowest BCUT2D eigenvalue weighted by Gasteiger charge is -2.16. The number of benzene rings is 1. The third kappa shape index (κ3) is 3.70. The van der Waals surface area contributed by atoms with Crippen molar-refractivity contribution in [1.29, 1.82) is 0 Å². The summed E-state index contributed by atoms with van der Waals surface area (Å²) in [4.78, 5) is 28.6. The summed E-state index contributed by atoms with van der Waals surface area (Å²) in [5.41, 5.74) is 3.98. The van der Waals surface area contributed by atoms with E-state index >= 15 is 0 Å². The van der Waals surface area contributed by atoms with Crippen LogP contribution in [0, 0.1) is 6.92 Å². The zero-order valence-corrected chi connectivity index (χ0v) is 19.3. The monoisotopic (exact) mass is 431 g/mol. The van der Waals surface area contributed by atoms with Gasteiger partial charge in [-0.05, 0) is 38.3 Å². The Balaban J connectivity index is 1.66. The van der Waals surface area contributed by atoms with Gasteiger partial charge in [-0.3, -0.25) is 9.36 Å². The highest BCUT2D eigenvalue weighted by Gasteiger charge is 2.25. The molecule has 0 saturated heterocycles. The fraction of sp³-hybridized carbons (Fsp3) is 0.538. The van der Waals surface area contributed by atoms with Crippen LogP contribution in [0.1, 0.15) is 83.0 Å². The molecule has 1 fully saturated rings. The van der Waals surface area contributed by atoms with E-state index in [0.29, 0.717) is 10.9 Å². The lowest BCUT2D eigenvalue weighted by Crippen LogP contribution is -2.27. The van der Waals surface area contributed by atoms with Crippen molar-refractivity contribution < 1.29 is 0 Å². The highest BCUT2D eigenvalue weighted by atomic mass is 16.1. The quantitative estimate of drug-likeness (QED) is 0.317. The van der Waals surface area contributed by atoms with Crippen LogP contribution in [0.3, 0.4) is 0 Å². The lowest BCUT2D eigenvalue weighted by molar-refractivity contribution is 0.485. The zero-order chi connectivity index (χ0) is 22.1. The molecule has 1 aliphatic rings. The normalized spacial score (nSPS) is 14.9. The molecule has 1 aromatic carbocycles. The molecule has 1 aliphatic carbocycles. The summed E-state index contributed by atoms with van der Waals surface area (Å²) in [5.74, 6) is 0.811. The molecular weight excluding hydrogens is 398 g/mol. The maximum absolute atomic E-state index is 13.8. The number of rotatable bonds is 8. The molecule has 0 unspecified atom stereocenters. The van der Waals surface area contributed by atoms with Gasteiger partial charge < -0.3 is 4.57 Å². The van der Waals surface area contributed by atoms with Crippen molar-refractivity contribution in [3.05, 3.63) is 40.4 Å². The Morgan fingerprint density at radius 2 is 1.59 bits per heavy atom. The minimum Gasteiger partial charge on any atom is -0.308 e. The molecule has 0 aliphatic heterocycles. The molecule has 1 saturated carbocycles. The van der Waals surface area contributed by atoms with E-state index in [1.807, 2.05) is 35.8 Å². The van der Waals surface area contributed by atoms with E-state index in [1.54, 1.807) is 0 Å². The van der Waals surface area contributed by atoms with Gasteiger partial charge in [0, 0.05) is 12.6 Å². The molecule has 32 heavy (non-hydrogen) atoms. The molecule has 0 atom stereocenters. The van der Waals surface area contributed by atoms with Gasteiger partial charge in [-0.2, -0.15) is 0 Å². The summed E-state index contributed by atoms with van der Waals surface area (Å²) in [5, 5.41) is 0.640. The Morgan fingerprint density at radius 3 is 2.34 bits per heavy atom. The van der Waals surface area contributed by atoms with Crippen LogP contribution in [0.2, 0.25) is 0 Å². The number of fused-ring (bicyclic) bond motifs is 4. The number of aromatic nitrogens is 5. The first kappa shape index (κ1) is 21.1. The van der Waals surface area contributed by atoms with Gasteiger partial charge in [0.1, 0.15) is 16.7 Å². The Labute approximate surface area is 188 Å². The number of nitrogens with zero attached hydrogens (tertiary/aromatic N) is 5. The second-order valence-electron chi connectivity index (χ2n) is 9.27. The van der Waals surface area contributed by atoms with Crippen LogP contribution >= 0.6 is 0 Å². The summed E-state index contributed by atoms with van der Waals surface area (Å²) in [6, 6.07) is 8.17. The van der Waals surface area contributed by atoms with Crippen molar-refractivity contribution in [1.82, 2.24) is 24.1 Å². The topological polar surface area (TPSA) is 65.6 Å². The minimum atomic E-state index is 0.0516. The van der Waals surface area contributed by atoms with Crippen LogP contribution in [0.4, 0.5) is 0 Å².